The summed E-state index contributed by atoms with van der Waals surface area (Å²) in [5.41, 5.74) is 4.45. The molecule has 0 atom stereocenters. The second-order valence-corrected chi connectivity index (χ2v) is 7.97. The van der Waals surface area contributed by atoms with Crippen LogP contribution in [0.5, 0.6) is 5.75 Å². The predicted octanol–water partition coefficient (Wildman–Crippen LogP) is 4.92. The maximum absolute atomic E-state index is 13.0. The molecule has 4 rings (SSSR count). The summed E-state index contributed by atoms with van der Waals surface area (Å²) in [5, 5.41) is 0. The van der Waals surface area contributed by atoms with Gasteiger partial charge in [0.2, 0.25) is 5.78 Å². The molecule has 0 saturated carbocycles. The van der Waals surface area contributed by atoms with Crippen molar-refractivity contribution in [2.24, 2.45) is 0 Å². The summed E-state index contributed by atoms with van der Waals surface area (Å²) in [6, 6.07) is 13.3. The number of aromatic nitrogens is 2. The van der Waals surface area contributed by atoms with Crippen LogP contribution in [0.2, 0.25) is 0 Å². The highest BCUT2D eigenvalue weighted by molar-refractivity contribution is 6.32. The minimum absolute atomic E-state index is 0.0394. The number of carbonyl (C=O) groups excluding carboxylic acids is 1. The number of aryl methyl sites for hydroxylation is 2. The average molecular weight is 400 g/mol. The Hall–Kier alpha value is -3.47. The highest BCUT2D eigenvalue weighted by Gasteiger charge is 2.42. The Morgan fingerprint density at radius 2 is 1.70 bits per heavy atom. The maximum Gasteiger partial charge on any atom is 0.210 e. The van der Waals surface area contributed by atoms with E-state index in [1.807, 2.05) is 56.4 Å². The highest BCUT2D eigenvalue weighted by Crippen LogP contribution is 2.41. The lowest BCUT2D eigenvalue weighted by Gasteiger charge is -2.17. The number of pyridine rings is 2. The smallest absolute Gasteiger partial charge is 0.210 e. The van der Waals surface area contributed by atoms with E-state index in [0.29, 0.717) is 17.9 Å². The molecule has 3 aromatic rings. The Morgan fingerprint density at radius 1 is 1.00 bits per heavy atom. The average Bonchev–Trinajstić information content (AvgIpc) is 2.98. The van der Waals surface area contributed by atoms with Gasteiger partial charge in [-0.3, -0.25) is 14.8 Å². The topological polar surface area (TPSA) is 61.3 Å². The number of ketones is 1. The first-order valence-electron chi connectivity index (χ1n) is 9.89. The molecule has 0 bridgehead atoms. The number of hydrogen-bond donors (Lipinski definition) is 0. The lowest BCUT2D eigenvalue weighted by molar-refractivity contribution is -0.125. The van der Waals surface area contributed by atoms with E-state index >= 15 is 0 Å². The zero-order valence-corrected chi connectivity index (χ0v) is 17.6. The van der Waals surface area contributed by atoms with Crippen molar-refractivity contribution in [3.05, 3.63) is 89.0 Å². The standard InChI is InChI=1S/C25H24N2O3/c1-16-13-17(2)21(27-14-16)15-29-20-7-5-18(6-8-20)22-23(19-9-11-26-12-10-19)30-25(3,4)24(22)28/h5-14H,15H2,1-4H3. The van der Waals surface area contributed by atoms with Crippen molar-refractivity contribution in [2.75, 3.05) is 0 Å². The fourth-order valence-electron chi connectivity index (χ4n) is 3.49. The monoisotopic (exact) mass is 400 g/mol. The third-order valence-corrected chi connectivity index (χ3v) is 5.14. The minimum Gasteiger partial charge on any atom is -0.487 e. The number of benzene rings is 1. The van der Waals surface area contributed by atoms with Crippen LogP contribution in [0.3, 0.4) is 0 Å². The Morgan fingerprint density at radius 3 is 2.37 bits per heavy atom. The van der Waals surface area contributed by atoms with Crippen LogP contribution in [0.15, 0.2) is 61.1 Å². The fraction of sp³-hybridized carbons (Fsp3) is 0.240. The van der Waals surface area contributed by atoms with Gasteiger partial charge in [-0.25, -0.2) is 0 Å². The first-order chi connectivity index (χ1) is 14.3. The third kappa shape index (κ3) is 3.83. The molecule has 5 heteroatoms. The van der Waals surface area contributed by atoms with Gasteiger partial charge in [0.05, 0.1) is 11.3 Å². The lowest BCUT2D eigenvalue weighted by atomic mass is 9.93. The van der Waals surface area contributed by atoms with Crippen LogP contribution in [0, 0.1) is 13.8 Å². The molecule has 0 unspecified atom stereocenters. The van der Waals surface area contributed by atoms with Crippen LogP contribution in [-0.2, 0) is 16.1 Å². The molecule has 0 saturated heterocycles. The summed E-state index contributed by atoms with van der Waals surface area (Å²) < 4.78 is 11.9. The van der Waals surface area contributed by atoms with Gasteiger partial charge in [0, 0.05) is 24.2 Å². The van der Waals surface area contributed by atoms with Crippen molar-refractivity contribution >= 4 is 17.1 Å². The summed E-state index contributed by atoms with van der Waals surface area (Å²) >= 11 is 0. The maximum atomic E-state index is 13.0. The summed E-state index contributed by atoms with van der Waals surface area (Å²) in [7, 11) is 0. The van der Waals surface area contributed by atoms with Crippen molar-refractivity contribution < 1.29 is 14.3 Å². The van der Waals surface area contributed by atoms with Gasteiger partial charge in [0.25, 0.3) is 0 Å². The largest absolute Gasteiger partial charge is 0.487 e. The molecule has 1 aliphatic heterocycles. The van der Waals surface area contributed by atoms with E-state index < -0.39 is 5.60 Å². The van der Waals surface area contributed by atoms with Crippen LogP contribution in [0.25, 0.3) is 11.3 Å². The Bertz CT molecular complexity index is 1120. The van der Waals surface area contributed by atoms with Gasteiger partial charge >= 0.3 is 0 Å². The zero-order valence-electron chi connectivity index (χ0n) is 17.6. The summed E-state index contributed by atoms with van der Waals surface area (Å²) in [5.74, 6) is 1.26. The molecule has 5 nitrogen and oxygen atoms in total. The minimum atomic E-state index is -0.905. The van der Waals surface area contributed by atoms with Crippen LogP contribution >= 0.6 is 0 Å². The second-order valence-electron chi connectivity index (χ2n) is 7.97. The first kappa shape index (κ1) is 19.8. The molecule has 0 amide bonds. The van der Waals surface area contributed by atoms with E-state index in [-0.39, 0.29) is 5.78 Å². The molecule has 0 spiro atoms. The molecule has 0 aliphatic carbocycles. The van der Waals surface area contributed by atoms with Gasteiger partial charge in [-0.15, -0.1) is 0 Å². The lowest BCUT2D eigenvalue weighted by Crippen LogP contribution is -2.29. The SMILES string of the molecule is Cc1cnc(COc2ccc(C3=C(c4ccncc4)OC(C)(C)C3=O)cc2)c(C)c1. The Labute approximate surface area is 176 Å². The normalized spacial score (nSPS) is 15.3. The van der Waals surface area contributed by atoms with Crippen molar-refractivity contribution in [1.82, 2.24) is 9.97 Å². The van der Waals surface area contributed by atoms with E-state index in [1.165, 1.54) is 0 Å². The predicted molar refractivity (Wildman–Crippen MR) is 116 cm³/mol. The number of rotatable bonds is 5. The molecule has 2 aromatic heterocycles. The molecule has 0 radical (unpaired) electrons. The van der Waals surface area contributed by atoms with Crippen molar-refractivity contribution in [2.45, 2.75) is 39.9 Å². The number of nitrogens with zero attached hydrogens (tertiary/aromatic N) is 2. The number of Topliss-reactive ketones (excluding diaryl/α,β-unsaturated/α-hetero) is 1. The third-order valence-electron chi connectivity index (χ3n) is 5.14. The molecule has 152 valence electrons. The first-order valence-corrected chi connectivity index (χ1v) is 9.89. The zero-order chi connectivity index (χ0) is 21.3. The molecule has 1 aliphatic rings. The van der Waals surface area contributed by atoms with E-state index in [4.69, 9.17) is 9.47 Å². The van der Waals surface area contributed by atoms with Crippen molar-refractivity contribution in [3.8, 4) is 5.75 Å². The second kappa shape index (κ2) is 7.75. The molecule has 0 N–H and O–H groups in total. The molecular formula is C25H24N2O3. The summed E-state index contributed by atoms with van der Waals surface area (Å²) in [6.45, 7) is 8.03. The summed E-state index contributed by atoms with van der Waals surface area (Å²) in [6.07, 6.45) is 5.23. The quantitative estimate of drug-likeness (QED) is 0.608. The van der Waals surface area contributed by atoms with Crippen LogP contribution < -0.4 is 4.74 Å². The summed E-state index contributed by atoms with van der Waals surface area (Å²) in [4.78, 5) is 21.5. The van der Waals surface area contributed by atoms with E-state index in [9.17, 15) is 4.79 Å². The highest BCUT2D eigenvalue weighted by atomic mass is 16.5. The molecule has 3 heterocycles. The van der Waals surface area contributed by atoms with Gasteiger partial charge in [0.15, 0.2) is 5.60 Å². The molecular weight excluding hydrogens is 376 g/mol. The number of hydrogen-bond acceptors (Lipinski definition) is 5. The number of carbonyl (C=O) groups is 1. The Kier molecular flexibility index (Phi) is 5.12. The van der Waals surface area contributed by atoms with E-state index in [2.05, 4.69) is 16.0 Å². The van der Waals surface area contributed by atoms with Gasteiger partial charge in [-0.05, 0) is 68.7 Å². The van der Waals surface area contributed by atoms with Gasteiger partial charge < -0.3 is 9.47 Å². The van der Waals surface area contributed by atoms with E-state index in [1.54, 1.807) is 26.2 Å². The van der Waals surface area contributed by atoms with Gasteiger partial charge in [0.1, 0.15) is 18.1 Å². The Balaban J connectivity index is 1.59. The fourth-order valence-corrected chi connectivity index (χ4v) is 3.49. The van der Waals surface area contributed by atoms with Crippen LogP contribution in [0.1, 0.15) is 41.8 Å². The van der Waals surface area contributed by atoms with Crippen LogP contribution in [0.4, 0.5) is 0 Å². The van der Waals surface area contributed by atoms with Crippen molar-refractivity contribution in [1.29, 1.82) is 0 Å². The molecule has 1 aromatic carbocycles. The van der Waals surface area contributed by atoms with Crippen LogP contribution in [-0.4, -0.2) is 21.4 Å². The van der Waals surface area contributed by atoms with Gasteiger partial charge in [-0.2, -0.15) is 0 Å². The number of ether oxygens (including phenoxy) is 2. The van der Waals surface area contributed by atoms with E-state index in [0.717, 1.165) is 33.7 Å². The molecule has 0 fully saturated rings. The molecule has 30 heavy (non-hydrogen) atoms. The van der Waals surface area contributed by atoms with Gasteiger partial charge in [-0.1, -0.05) is 18.2 Å². The van der Waals surface area contributed by atoms with Crippen molar-refractivity contribution in [3.63, 3.8) is 0 Å².